The standard InChI is InChI=1S/C43H51N9O5S/c1-55-37-12-6-33(7-13-37)30-50(31-34-8-14-38(56-2)15-9-34)42-44-28-35(29-45-42)40-39-17-19-52(41(39)47-43(46-40)49-24-26-57-27-25-49)36-10-4-32(5-11-36)16-18-48-20-22-51(23-21-48)58(3,53)54/h4-15,28-29H,16-27,30-31H2,1-3H3. The number of morpholine rings is 1. The smallest absolute Gasteiger partial charge is 0.228 e. The molecule has 0 amide bonds. The highest BCUT2D eigenvalue weighted by molar-refractivity contribution is 7.88. The predicted molar refractivity (Wildman–Crippen MR) is 226 cm³/mol. The molecule has 5 aromatic rings. The normalized spacial score (nSPS) is 16.3. The molecule has 0 saturated carbocycles. The van der Waals surface area contributed by atoms with Crippen molar-refractivity contribution in [1.29, 1.82) is 0 Å². The summed E-state index contributed by atoms with van der Waals surface area (Å²) in [6.45, 7) is 8.19. The summed E-state index contributed by atoms with van der Waals surface area (Å²) >= 11 is 0. The molecular formula is C43H51N9O5S. The predicted octanol–water partition coefficient (Wildman–Crippen LogP) is 4.81. The molecule has 2 aromatic heterocycles. The number of methoxy groups -OCH3 is 2. The fourth-order valence-corrected chi connectivity index (χ4v) is 8.59. The Hall–Kier alpha value is -5.35. The lowest BCUT2D eigenvalue weighted by molar-refractivity contribution is 0.122. The molecule has 2 saturated heterocycles. The van der Waals surface area contributed by atoms with Crippen molar-refractivity contribution in [3.8, 4) is 22.8 Å². The van der Waals surface area contributed by atoms with Gasteiger partial charge in [-0.1, -0.05) is 36.4 Å². The summed E-state index contributed by atoms with van der Waals surface area (Å²) < 4.78 is 41.9. The zero-order valence-corrected chi connectivity index (χ0v) is 34.3. The van der Waals surface area contributed by atoms with Crippen molar-refractivity contribution < 1.29 is 22.6 Å². The van der Waals surface area contributed by atoms with Gasteiger partial charge in [0, 0.05) is 94.7 Å². The Bertz CT molecular complexity index is 2200. The largest absolute Gasteiger partial charge is 0.497 e. The Morgan fingerprint density at radius 2 is 1.31 bits per heavy atom. The Labute approximate surface area is 341 Å². The van der Waals surface area contributed by atoms with Crippen molar-refractivity contribution in [1.82, 2.24) is 29.1 Å². The van der Waals surface area contributed by atoms with Gasteiger partial charge in [0.05, 0.1) is 39.4 Å². The van der Waals surface area contributed by atoms with E-state index in [4.69, 9.17) is 34.1 Å². The first-order valence-corrected chi connectivity index (χ1v) is 21.7. The number of hydrogen-bond donors (Lipinski definition) is 0. The third kappa shape index (κ3) is 9.18. The number of nitrogens with zero attached hydrogens (tertiary/aromatic N) is 9. The number of anilines is 4. The van der Waals surface area contributed by atoms with E-state index in [2.05, 4.69) is 68.1 Å². The number of hydrogen-bond acceptors (Lipinski definition) is 13. The molecule has 2 fully saturated rings. The summed E-state index contributed by atoms with van der Waals surface area (Å²) in [6.07, 6.45) is 6.76. The summed E-state index contributed by atoms with van der Waals surface area (Å²) in [5.41, 5.74) is 7.34. The van der Waals surface area contributed by atoms with Gasteiger partial charge >= 0.3 is 0 Å². The highest BCUT2D eigenvalue weighted by Crippen LogP contribution is 2.39. The Balaban J connectivity index is 1.04. The van der Waals surface area contributed by atoms with E-state index < -0.39 is 10.0 Å². The van der Waals surface area contributed by atoms with Crippen molar-refractivity contribution in [2.45, 2.75) is 25.9 Å². The first kappa shape index (κ1) is 39.5. The van der Waals surface area contributed by atoms with Crippen LogP contribution in [0.25, 0.3) is 11.3 Å². The second-order valence-electron chi connectivity index (χ2n) is 14.9. The van der Waals surface area contributed by atoms with Crippen LogP contribution in [0.2, 0.25) is 0 Å². The van der Waals surface area contributed by atoms with Crippen LogP contribution in [0.4, 0.5) is 23.4 Å². The van der Waals surface area contributed by atoms with Crippen LogP contribution in [0.15, 0.2) is 85.2 Å². The van der Waals surface area contributed by atoms with Gasteiger partial charge in [-0.3, -0.25) is 0 Å². The van der Waals surface area contributed by atoms with Gasteiger partial charge in [0.15, 0.2) is 0 Å². The van der Waals surface area contributed by atoms with Crippen LogP contribution in [0.1, 0.15) is 22.3 Å². The number of aromatic nitrogens is 4. The summed E-state index contributed by atoms with van der Waals surface area (Å²) in [7, 11) is 0.208. The third-order valence-corrected chi connectivity index (χ3v) is 12.4. The van der Waals surface area contributed by atoms with Gasteiger partial charge in [0.1, 0.15) is 17.3 Å². The van der Waals surface area contributed by atoms with Gasteiger partial charge in [0.2, 0.25) is 21.9 Å². The van der Waals surface area contributed by atoms with E-state index in [-0.39, 0.29) is 0 Å². The number of sulfonamides is 1. The molecule has 0 aliphatic carbocycles. The minimum Gasteiger partial charge on any atom is -0.497 e. The molecule has 0 radical (unpaired) electrons. The molecule has 5 heterocycles. The van der Waals surface area contributed by atoms with E-state index >= 15 is 0 Å². The monoisotopic (exact) mass is 805 g/mol. The van der Waals surface area contributed by atoms with Crippen LogP contribution in [0, 0.1) is 0 Å². The molecule has 3 aliphatic rings. The maximum atomic E-state index is 11.9. The SMILES string of the molecule is COc1ccc(CN(Cc2ccc(OC)cc2)c2ncc(-c3nc(N4CCOCC4)nc4c3CCN4c3ccc(CCN4CCN(S(C)(=O)=O)CC4)cc3)cn2)cc1. The minimum absolute atomic E-state index is 0.548. The summed E-state index contributed by atoms with van der Waals surface area (Å²) in [6, 6.07) is 24.9. The van der Waals surface area contributed by atoms with Gasteiger partial charge in [-0.15, -0.1) is 0 Å². The number of piperazine rings is 1. The van der Waals surface area contributed by atoms with E-state index in [0.29, 0.717) is 51.3 Å². The zero-order valence-electron chi connectivity index (χ0n) is 33.5. The van der Waals surface area contributed by atoms with E-state index in [1.165, 1.54) is 11.8 Å². The van der Waals surface area contributed by atoms with Crippen molar-refractivity contribution in [3.05, 3.63) is 107 Å². The van der Waals surface area contributed by atoms with E-state index in [1.54, 1.807) is 18.5 Å². The minimum atomic E-state index is -3.14. The lowest BCUT2D eigenvalue weighted by Crippen LogP contribution is -2.48. The third-order valence-electron chi connectivity index (χ3n) is 11.1. The Kier molecular flexibility index (Phi) is 12.0. The molecule has 0 atom stereocenters. The van der Waals surface area contributed by atoms with Crippen molar-refractivity contribution in [2.24, 2.45) is 0 Å². The van der Waals surface area contributed by atoms with Crippen molar-refractivity contribution in [2.75, 3.05) is 101 Å². The fraction of sp³-hybridized carbons (Fsp3) is 0.395. The molecule has 15 heteroatoms. The Morgan fingerprint density at radius 1 is 0.724 bits per heavy atom. The molecule has 0 spiro atoms. The second kappa shape index (κ2) is 17.6. The van der Waals surface area contributed by atoms with Gasteiger partial charge in [-0.25, -0.2) is 23.4 Å². The fourth-order valence-electron chi connectivity index (χ4n) is 7.76. The molecule has 14 nitrogen and oxygen atoms in total. The molecule has 8 rings (SSSR count). The van der Waals surface area contributed by atoms with Crippen LogP contribution in [-0.4, -0.2) is 124 Å². The van der Waals surface area contributed by atoms with E-state index in [0.717, 1.165) is 103 Å². The number of benzene rings is 3. The molecule has 304 valence electrons. The molecule has 0 N–H and O–H groups in total. The zero-order chi connectivity index (χ0) is 40.1. The first-order chi connectivity index (χ1) is 28.2. The maximum absolute atomic E-state index is 11.9. The van der Waals surface area contributed by atoms with Gasteiger partial charge in [0.25, 0.3) is 0 Å². The average Bonchev–Trinajstić information content (AvgIpc) is 3.70. The first-order valence-electron chi connectivity index (χ1n) is 19.8. The van der Waals surface area contributed by atoms with Gasteiger partial charge in [-0.2, -0.15) is 9.29 Å². The molecule has 58 heavy (non-hydrogen) atoms. The molecular weight excluding hydrogens is 755 g/mol. The van der Waals surface area contributed by atoms with Crippen LogP contribution in [0.3, 0.4) is 0 Å². The molecule has 3 aliphatic heterocycles. The van der Waals surface area contributed by atoms with Crippen LogP contribution in [0.5, 0.6) is 11.5 Å². The number of ether oxygens (including phenoxy) is 3. The summed E-state index contributed by atoms with van der Waals surface area (Å²) in [5, 5.41) is 0. The number of rotatable bonds is 14. The second-order valence-corrected chi connectivity index (χ2v) is 16.9. The maximum Gasteiger partial charge on any atom is 0.228 e. The quantitative estimate of drug-likeness (QED) is 0.153. The molecule has 0 unspecified atom stereocenters. The average molecular weight is 806 g/mol. The highest BCUT2D eigenvalue weighted by Gasteiger charge is 2.30. The lowest BCUT2D eigenvalue weighted by Gasteiger charge is -2.33. The van der Waals surface area contributed by atoms with Crippen molar-refractivity contribution in [3.63, 3.8) is 0 Å². The van der Waals surface area contributed by atoms with Crippen LogP contribution in [-0.2, 0) is 40.7 Å². The highest BCUT2D eigenvalue weighted by atomic mass is 32.2. The van der Waals surface area contributed by atoms with Crippen LogP contribution >= 0.6 is 0 Å². The molecule has 0 bridgehead atoms. The van der Waals surface area contributed by atoms with Crippen LogP contribution < -0.4 is 24.2 Å². The number of fused-ring (bicyclic) bond motifs is 1. The van der Waals surface area contributed by atoms with E-state index in [9.17, 15) is 8.42 Å². The van der Waals surface area contributed by atoms with E-state index in [1.807, 2.05) is 36.7 Å². The molecule has 3 aromatic carbocycles. The summed E-state index contributed by atoms with van der Waals surface area (Å²) in [5.74, 6) is 3.83. The van der Waals surface area contributed by atoms with Crippen molar-refractivity contribution >= 4 is 33.4 Å². The van der Waals surface area contributed by atoms with Gasteiger partial charge in [-0.05, 0) is 65.9 Å². The summed E-state index contributed by atoms with van der Waals surface area (Å²) in [4.78, 5) is 29.3. The lowest BCUT2D eigenvalue weighted by atomic mass is 10.1. The Morgan fingerprint density at radius 3 is 1.88 bits per heavy atom. The van der Waals surface area contributed by atoms with Gasteiger partial charge < -0.3 is 33.8 Å². The topological polar surface area (TPSA) is 130 Å².